The fourth-order valence-corrected chi connectivity index (χ4v) is 3.70. The zero-order valence-corrected chi connectivity index (χ0v) is 13.6. The molecule has 0 aromatic carbocycles. The second-order valence-electron chi connectivity index (χ2n) is 4.67. The third-order valence-electron chi connectivity index (χ3n) is 3.49. The van der Waals surface area contributed by atoms with E-state index in [0.29, 0.717) is 19.4 Å². The minimum absolute atomic E-state index is 0.0292. The molecule has 1 fully saturated rings. The van der Waals surface area contributed by atoms with E-state index in [1.165, 1.54) is 0 Å². The molecule has 0 saturated heterocycles. The minimum atomic E-state index is -2.65. The lowest BCUT2D eigenvalue weighted by Gasteiger charge is -2.23. The Balaban J connectivity index is 2.46. The van der Waals surface area contributed by atoms with Crippen LogP contribution in [0.1, 0.15) is 25.7 Å². The smallest absolute Gasteiger partial charge is 0.137 e. The van der Waals surface area contributed by atoms with E-state index in [-0.39, 0.29) is 11.8 Å². The molecule has 1 N–H and O–H groups in total. The predicted molar refractivity (Wildman–Crippen MR) is 84.5 cm³/mol. The third kappa shape index (κ3) is 6.14. The minimum Gasteiger partial charge on any atom is -0.750 e. The molecule has 2 unspecified atom stereocenters. The molecule has 1 radical (unpaired) electrons. The summed E-state index contributed by atoms with van der Waals surface area (Å²) in [5.41, 5.74) is 0. The zero-order chi connectivity index (χ0) is 16.5. The van der Waals surface area contributed by atoms with E-state index >= 15 is 0 Å². The second-order valence-corrected chi connectivity index (χ2v) is 6.94. The number of hydrogen-bond acceptors (Lipinski definition) is 6. The van der Waals surface area contributed by atoms with Crippen LogP contribution in [0, 0.1) is 11.8 Å². The summed E-state index contributed by atoms with van der Waals surface area (Å²) in [5, 5.41) is 10.3. The van der Waals surface area contributed by atoms with Gasteiger partial charge in [-0.05, 0) is 38.9 Å². The Morgan fingerprint density at radius 3 is 3.20 bits per heavy atom. The summed E-state index contributed by atoms with van der Waals surface area (Å²) in [7, 11) is -0.313. The quantitative estimate of drug-likeness (QED) is 0.154. The van der Waals surface area contributed by atoms with Crippen LogP contribution >= 0.6 is 19.3 Å². The molecule has 5 nitrogen and oxygen atoms in total. The topological polar surface area (TPSA) is 78.8 Å². The molecule has 0 aromatic rings. The van der Waals surface area contributed by atoms with Crippen molar-refractivity contribution in [1.82, 2.24) is 0 Å². The van der Waals surface area contributed by atoms with Gasteiger partial charge in [0.25, 0.3) is 0 Å². The average molecular weight is 341 g/mol. The van der Waals surface area contributed by atoms with Gasteiger partial charge in [-0.25, -0.2) is 4.21 Å². The van der Waals surface area contributed by atoms with E-state index < -0.39 is 31.2 Å². The van der Waals surface area contributed by atoms with E-state index in [1.54, 1.807) is 6.08 Å². The average Bonchev–Trinajstić information content (AvgIpc) is 2.77. The van der Waals surface area contributed by atoms with Crippen LogP contribution in [0.5, 0.6) is 0 Å². The van der Waals surface area contributed by atoms with E-state index in [2.05, 4.69) is 6.58 Å². The molecule has 6 atom stereocenters. The Morgan fingerprint density at radius 1 is 1.75 bits per heavy atom. The lowest BCUT2D eigenvalue weighted by Crippen LogP contribution is -2.32. The molecule has 9 heteroatoms. The van der Waals surface area contributed by atoms with Gasteiger partial charge in [0, 0.05) is 11.7 Å². The summed E-state index contributed by atoms with van der Waals surface area (Å²) in [6, 6.07) is 0. The summed E-state index contributed by atoms with van der Waals surface area (Å²) in [6.07, 6.45) is 2.90. The maximum atomic E-state index is 10.8. The van der Waals surface area contributed by atoms with Crippen LogP contribution in [-0.4, -0.2) is 42.8 Å². The first-order valence-electron chi connectivity index (χ1n) is 7.36. The molecule has 20 heavy (non-hydrogen) atoms. The van der Waals surface area contributed by atoms with Gasteiger partial charge in [0.05, 0.1) is 25.4 Å². The number of allylic oxidation sites excluding steroid dienone is 1. The fraction of sp³-hybridized carbons (Fsp3) is 0.818. The lowest BCUT2D eigenvalue weighted by molar-refractivity contribution is 0.0177. The van der Waals surface area contributed by atoms with Gasteiger partial charge in [-0.15, -0.1) is 6.58 Å². The highest BCUT2D eigenvalue weighted by molar-refractivity contribution is 8.53. The van der Waals surface area contributed by atoms with Crippen LogP contribution in [0.3, 0.4) is 0 Å². The Morgan fingerprint density at radius 2 is 2.55 bits per heavy atom. The summed E-state index contributed by atoms with van der Waals surface area (Å²) in [5.74, 6) is -0.126. The standard InChI is InChI=1S/C11H21BO5PS2/c1-2-3-4-9-7-8(5-6-16-19-18-12)10(13)11(9)17-20(14)15/h2,8-13,18H,1,3-7H2,(H,14,15)/p-1/t8-,9-,10+,11-,18?/m0/s1/i12T,18D. The van der Waals surface area contributed by atoms with Crippen molar-refractivity contribution >= 4 is 38.2 Å². The summed E-state index contributed by atoms with van der Waals surface area (Å²) >= 11 is -1.70. The van der Waals surface area contributed by atoms with Gasteiger partial charge in [0.15, 0.2) is 0 Å². The van der Waals surface area contributed by atoms with Crippen molar-refractivity contribution in [2.75, 3.05) is 6.61 Å². The van der Waals surface area contributed by atoms with Crippen molar-refractivity contribution < 1.29 is 22.2 Å². The zero-order valence-electron chi connectivity index (χ0n) is 13.1. The summed E-state index contributed by atoms with van der Waals surface area (Å²) in [6.45, 7) is 4.00. The fourth-order valence-electron chi connectivity index (χ4n) is 2.61. The molecule has 0 heterocycles. The normalized spacial score (nSPS) is 34.1. The predicted octanol–water partition coefficient (Wildman–Crippen LogP) is 1.59. The van der Waals surface area contributed by atoms with Crippen molar-refractivity contribution in [1.29, 1.82) is 2.61 Å². The number of rotatable bonds is 11. The van der Waals surface area contributed by atoms with Gasteiger partial charge < -0.3 is 13.8 Å². The van der Waals surface area contributed by atoms with Crippen molar-refractivity contribution in [3.8, 4) is 0 Å². The Bertz CT molecular complexity index is 371. The van der Waals surface area contributed by atoms with Crippen LogP contribution in [0.2, 0.25) is 0 Å². The first kappa shape index (κ1) is 15.5. The number of hydrogen-bond donors (Lipinski definition) is 1. The molecule has 115 valence electrons. The number of aliphatic hydroxyl groups excluding tert-OH is 1. The molecule has 0 spiro atoms. The van der Waals surface area contributed by atoms with Gasteiger partial charge in [0.2, 0.25) is 0 Å². The van der Waals surface area contributed by atoms with Crippen LogP contribution in [-0.2, 0) is 19.7 Å². The monoisotopic (exact) mass is 341 g/mol. The molecule has 0 bridgehead atoms. The van der Waals surface area contributed by atoms with Gasteiger partial charge in [-0.2, -0.15) is 0 Å². The lowest BCUT2D eigenvalue weighted by atomic mass is 9.98. The molecule has 1 aliphatic carbocycles. The highest BCUT2D eigenvalue weighted by Crippen LogP contribution is 2.39. The van der Waals surface area contributed by atoms with Crippen LogP contribution in [0.25, 0.3) is 0 Å². The molecule has 1 saturated carbocycles. The van der Waals surface area contributed by atoms with Gasteiger partial charge in [0.1, 0.15) is 13.6 Å². The van der Waals surface area contributed by atoms with Crippen molar-refractivity contribution in [2.24, 2.45) is 11.8 Å². The molecule has 0 amide bonds. The summed E-state index contributed by atoms with van der Waals surface area (Å²) < 4.78 is 45.9. The van der Waals surface area contributed by atoms with Crippen LogP contribution < -0.4 is 0 Å². The molecular weight excluding hydrogens is 318 g/mol. The van der Waals surface area contributed by atoms with Crippen molar-refractivity contribution in [2.45, 2.75) is 37.9 Å². The van der Waals surface area contributed by atoms with Crippen molar-refractivity contribution in [3.05, 3.63) is 12.7 Å². The number of aliphatic hydroxyl groups is 1. The van der Waals surface area contributed by atoms with E-state index in [0.717, 1.165) is 32.0 Å². The van der Waals surface area contributed by atoms with Crippen molar-refractivity contribution in [3.63, 3.8) is 0 Å². The Kier molecular flexibility index (Phi) is 7.99. The SMILES string of the molecule is [2H]P([B][3H])SOCC[C@H]1C[C@H](CCC=C)[C@H](OS(=O)[O-])[C@@H]1O. The molecular formula is C11H20BO5PS2-. The summed E-state index contributed by atoms with van der Waals surface area (Å²) in [4.78, 5) is 0. The third-order valence-corrected chi connectivity index (χ3v) is 4.80. The van der Waals surface area contributed by atoms with E-state index in [1.807, 2.05) is 0 Å². The van der Waals surface area contributed by atoms with Gasteiger partial charge in [-0.1, -0.05) is 13.7 Å². The Labute approximate surface area is 132 Å². The molecule has 0 aromatic heterocycles. The first-order valence-corrected chi connectivity index (χ1v) is 9.65. The maximum Gasteiger partial charge on any atom is 0.137 e. The first-order chi connectivity index (χ1) is 10.5. The van der Waals surface area contributed by atoms with Crippen LogP contribution in [0.15, 0.2) is 12.7 Å². The van der Waals surface area contributed by atoms with Gasteiger partial charge >= 0.3 is 0 Å². The largest absolute Gasteiger partial charge is 0.750 e. The maximum absolute atomic E-state index is 10.8. The second kappa shape index (κ2) is 10.3. The van der Waals surface area contributed by atoms with E-state index in [9.17, 15) is 13.9 Å². The molecule has 1 rings (SSSR count). The highest BCUT2D eigenvalue weighted by atomic mass is 32.7. The molecule has 0 aliphatic heterocycles. The highest BCUT2D eigenvalue weighted by Gasteiger charge is 2.42. The molecule has 1 aliphatic rings. The Hall–Kier alpha value is 0.575. The van der Waals surface area contributed by atoms with E-state index in [4.69, 9.17) is 11.0 Å². The van der Waals surface area contributed by atoms with Gasteiger partial charge in [-0.3, -0.25) is 4.18 Å². The van der Waals surface area contributed by atoms with Crippen LogP contribution in [0.4, 0.5) is 0 Å².